The molecule has 88 valence electrons. The van der Waals surface area contributed by atoms with Crippen molar-refractivity contribution in [1.82, 2.24) is 4.90 Å². The van der Waals surface area contributed by atoms with E-state index in [0.29, 0.717) is 6.61 Å². The Balaban J connectivity index is 2.31. The highest BCUT2D eigenvalue weighted by molar-refractivity contribution is 5.80. The van der Waals surface area contributed by atoms with E-state index in [9.17, 15) is 9.90 Å². The standard InChI is InChI=1S/C10H19NO4/c1-11(6-8(12)7-14-2)10(13)9-4-3-5-15-9/h8-9,12H,3-7H2,1-2H3/t8?,9-/m0/s1. The van der Waals surface area contributed by atoms with Crippen LogP contribution in [-0.4, -0.2) is 62.0 Å². The van der Waals surface area contributed by atoms with Gasteiger partial charge in [-0.25, -0.2) is 0 Å². The Hall–Kier alpha value is -0.650. The summed E-state index contributed by atoms with van der Waals surface area (Å²) >= 11 is 0. The number of hydrogen-bond acceptors (Lipinski definition) is 4. The van der Waals surface area contributed by atoms with Crippen molar-refractivity contribution < 1.29 is 19.4 Å². The van der Waals surface area contributed by atoms with Crippen LogP contribution in [0.5, 0.6) is 0 Å². The van der Waals surface area contributed by atoms with Crippen molar-refractivity contribution in [2.24, 2.45) is 0 Å². The fraction of sp³-hybridized carbons (Fsp3) is 0.900. The van der Waals surface area contributed by atoms with Gasteiger partial charge in [-0.1, -0.05) is 0 Å². The summed E-state index contributed by atoms with van der Waals surface area (Å²) in [5.74, 6) is -0.0531. The Kier molecular flexibility index (Phi) is 5.01. The SMILES string of the molecule is COCC(O)CN(C)C(=O)[C@@H]1CCCO1. The fourth-order valence-electron chi connectivity index (χ4n) is 1.67. The van der Waals surface area contributed by atoms with Gasteiger partial charge < -0.3 is 19.5 Å². The Morgan fingerprint density at radius 1 is 1.73 bits per heavy atom. The maximum atomic E-state index is 11.7. The van der Waals surface area contributed by atoms with E-state index in [1.807, 2.05) is 0 Å². The van der Waals surface area contributed by atoms with E-state index in [2.05, 4.69) is 0 Å². The van der Waals surface area contributed by atoms with Crippen molar-refractivity contribution in [1.29, 1.82) is 0 Å². The van der Waals surface area contributed by atoms with Crippen LogP contribution in [0.2, 0.25) is 0 Å². The summed E-state index contributed by atoms with van der Waals surface area (Å²) in [7, 11) is 3.19. The Bertz CT molecular complexity index is 204. The topological polar surface area (TPSA) is 59.0 Å². The molecule has 0 radical (unpaired) electrons. The summed E-state index contributed by atoms with van der Waals surface area (Å²) in [6, 6.07) is 0. The molecule has 1 amide bonds. The summed E-state index contributed by atoms with van der Waals surface area (Å²) in [4.78, 5) is 13.2. The number of hydrogen-bond donors (Lipinski definition) is 1. The van der Waals surface area contributed by atoms with E-state index >= 15 is 0 Å². The number of nitrogens with zero attached hydrogens (tertiary/aromatic N) is 1. The molecule has 0 aromatic heterocycles. The zero-order chi connectivity index (χ0) is 11.3. The molecule has 1 aliphatic heterocycles. The van der Waals surface area contributed by atoms with E-state index in [1.54, 1.807) is 7.05 Å². The number of aliphatic hydroxyl groups excluding tert-OH is 1. The van der Waals surface area contributed by atoms with Crippen LogP contribution >= 0.6 is 0 Å². The van der Waals surface area contributed by atoms with Crippen LogP contribution in [0.1, 0.15) is 12.8 Å². The number of aliphatic hydroxyl groups is 1. The molecule has 1 N–H and O–H groups in total. The summed E-state index contributed by atoms with van der Waals surface area (Å²) in [5.41, 5.74) is 0. The van der Waals surface area contributed by atoms with Crippen molar-refractivity contribution >= 4 is 5.91 Å². The first-order chi connectivity index (χ1) is 7.15. The molecule has 0 bridgehead atoms. The predicted octanol–water partition coefficient (Wildman–Crippen LogP) is -0.369. The first-order valence-corrected chi connectivity index (χ1v) is 5.18. The molecule has 1 saturated heterocycles. The van der Waals surface area contributed by atoms with Gasteiger partial charge in [0.15, 0.2) is 0 Å². The van der Waals surface area contributed by atoms with Gasteiger partial charge in [0.05, 0.1) is 12.7 Å². The third-order valence-electron chi connectivity index (χ3n) is 2.43. The van der Waals surface area contributed by atoms with Crippen LogP contribution in [0.3, 0.4) is 0 Å². The van der Waals surface area contributed by atoms with Gasteiger partial charge in [0, 0.05) is 27.3 Å². The zero-order valence-electron chi connectivity index (χ0n) is 9.31. The fourth-order valence-corrected chi connectivity index (χ4v) is 1.67. The van der Waals surface area contributed by atoms with Crippen molar-refractivity contribution in [3.05, 3.63) is 0 Å². The highest BCUT2D eigenvalue weighted by Gasteiger charge is 2.27. The summed E-state index contributed by atoms with van der Waals surface area (Å²) in [6.45, 7) is 1.18. The average Bonchev–Trinajstić information content (AvgIpc) is 2.69. The van der Waals surface area contributed by atoms with Crippen LogP contribution < -0.4 is 0 Å². The zero-order valence-corrected chi connectivity index (χ0v) is 9.31. The molecule has 0 spiro atoms. The second-order valence-electron chi connectivity index (χ2n) is 3.83. The number of carbonyl (C=O) groups excluding carboxylic acids is 1. The molecule has 2 atom stereocenters. The Morgan fingerprint density at radius 2 is 2.47 bits per heavy atom. The average molecular weight is 217 g/mol. The molecular formula is C10H19NO4. The number of carbonyl (C=O) groups is 1. The monoisotopic (exact) mass is 217 g/mol. The van der Waals surface area contributed by atoms with Gasteiger partial charge in [0.2, 0.25) is 0 Å². The molecule has 1 unspecified atom stereocenters. The highest BCUT2D eigenvalue weighted by atomic mass is 16.5. The molecule has 1 heterocycles. The molecule has 5 nitrogen and oxygen atoms in total. The molecular weight excluding hydrogens is 198 g/mol. The lowest BCUT2D eigenvalue weighted by Gasteiger charge is -2.22. The molecule has 0 saturated carbocycles. The maximum Gasteiger partial charge on any atom is 0.251 e. The van der Waals surface area contributed by atoms with Gasteiger partial charge in [-0.05, 0) is 12.8 Å². The van der Waals surface area contributed by atoms with Gasteiger partial charge in [-0.15, -0.1) is 0 Å². The first kappa shape index (κ1) is 12.4. The number of likely N-dealkylation sites (N-methyl/N-ethyl adjacent to an activating group) is 1. The van der Waals surface area contributed by atoms with Crippen molar-refractivity contribution in [2.75, 3.05) is 33.9 Å². The minimum atomic E-state index is -0.634. The summed E-state index contributed by atoms with van der Waals surface area (Å²) in [5, 5.41) is 9.45. The molecule has 0 aliphatic carbocycles. The summed E-state index contributed by atoms with van der Waals surface area (Å²) in [6.07, 6.45) is 0.768. The molecule has 5 heteroatoms. The van der Waals surface area contributed by atoms with Crippen LogP contribution in [0, 0.1) is 0 Å². The number of methoxy groups -OCH3 is 1. The molecule has 0 aromatic rings. The smallest absolute Gasteiger partial charge is 0.251 e. The van der Waals surface area contributed by atoms with E-state index in [4.69, 9.17) is 9.47 Å². The van der Waals surface area contributed by atoms with Gasteiger partial charge >= 0.3 is 0 Å². The van der Waals surface area contributed by atoms with E-state index < -0.39 is 6.10 Å². The molecule has 1 rings (SSSR count). The Morgan fingerprint density at radius 3 is 3.00 bits per heavy atom. The minimum absolute atomic E-state index is 0.0531. The van der Waals surface area contributed by atoms with Gasteiger partial charge in [-0.3, -0.25) is 4.79 Å². The lowest BCUT2D eigenvalue weighted by Crippen LogP contribution is -2.41. The predicted molar refractivity (Wildman–Crippen MR) is 54.5 cm³/mol. The lowest BCUT2D eigenvalue weighted by molar-refractivity contribution is -0.141. The number of rotatable bonds is 5. The van der Waals surface area contributed by atoms with E-state index in [1.165, 1.54) is 12.0 Å². The molecule has 1 aliphatic rings. The minimum Gasteiger partial charge on any atom is -0.389 e. The van der Waals surface area contributed by atoms with Gasteiger partial charge in [0.25, 0.3) is 5.91 Å². The second-order valence-corrected chi connectivity index (χ2v) is 3.83. The Labute approximate surface area is 90.0 Å². The van der Waals surface area contributed by atoms with Crippen molar-refractivity contribution in [3.8, 4) is 0 Å². The summed E-state index contributed by atoms with van der Waals surface area (Å²) < 4.78 is 10.1. The molecule has 0 aromatic carbocycles. The van der Waals surface area contributed by atoms with Crippen LogP contribution in [0.4, 0.5) is 0 Å². The molecule has 1 fully saturated rings. The quantitative estimate of drug-likeness (QED) is 0.682. The number of ether oxygens (including phenoxy) is 2. The third kappa shape index (κ3) is 3.77. The second kappa shape index (κ2) is 6.05. The van der Waals surface area contributed by atoms with Gasteiger partial charge in [-0.2, -0.15) is 0 Å². The van der Waals surface area contributed by atoms with E-state index in [-0.39, 0.29) is 25.2 Å². The van der Waals surface area contributed by atoms with Crippen molar-refractivity contribution in [2.45, 2.75) is 25.0 Å². The lowest BCUT2D eigenvalue weighted by atomic mass is 10.2. The maximum absolute atomic E-state index is 11.7. The van der Waals surface area contributed by atoms with Crippen molar-refractivity contribution in [3.63, 3.8) is 0 Å². The van der Waals surface area contributed by atoms with Crippen LogP contribution in [0.25, 0.3) is 0 Å². The van der Waals surface area contributed by atoms with Gasteiger partial charge in [0.1, 0.15) is 6.10 Å². The largest absolute Gasteiger partial charge is 0.389 e. The highest BCUT2D eigenvalue weighted by Crippen LogP contribution is 2.14. The third-order valence-corrected chi connectivity index (χ3v) is 2.43. The normalized spacial score (nSPS) is 22.7. The first-order valence-electron chi connectivity index (χ1n) is 5.18. The van der Waals surface area contributed by atoms with E-state index in [0.717, 1.165) is 12.8 Å². The van der Waals surface area contributed by atoms with Crippen LogP contribution in [0.15, 0.2) is 0 Å². The number of amides is 1. The van der Waals surface area contributed by atoms with Crippen LogP contribution in [-0.2, 0) is 14.3 Å². The molecule has 15 heavy (non-hydrogen) atoms.